The first-order chi connectivity index (χ1) is 7.22. The second-order valence-corrected chi connectivity index (χ2v) is 3.96. The molecule has 0 radical (unpaired) electrons. The van der Waals surface area contributed by atoms with E-state index in [1.165, 1.54) is 32.1 Å². The first-order valence-electron chi connectivity index (χ1n) is 5.49. The van der Waals surface area contributed by atoms with Crippen LogP contribution < -0.4 is 5.73 Å². The Hall–Kier alpha value is -1.09. The van der Waals surface area contributed by atoms with Crippen molar-refractivity contribution in [2.24, 2.45) is 5.73 Å². The minimum absolute atomic E-state index is 0.391. The molecular weight excluding hydrogens is 190 g/mol. The number of rotatable bonds is 1. The molecule has 2 N–H and O–H groups in total. The average Bonchev–Trinajstić information content (AvgIpc) is 2.66. The van der Waals surface area contributed by atoms with E-state index >= 15 is 0 Å². The number of aldehydes is 1. The van der Waals surface area contributed by atoms with Gasteiger partial charge in [0.05, 0.1) is 0 Å². The van der Waals surface area contributed by atoms with Crippen molar-refractivity contribution < 1.29 is 9.21 Å². The Kier molecular flexibility index (Phi) is 5.12. The molecule has 2 rings (SSSR count). The normalized spacial score (nSPS) is 16.7. The number of carbonyl (C=O) groups excluding carboxylic acids is 1. The van der Waals surface area contributed by atoms with Gasteiger partial charge >= 0.3 is 0 Å². The maximum absolute atomic E-state index is 9.93. The van der Waals surface area contributed by atoms with Crippen LogP contribution >= 0.6 is 0 Å². The van der Waals surface area contributed by atoms with Crippen molar-refractivity contribution in [1.29, 1.82) is 0 Å². The van der Waals surface area contributed by atoms with Gasteiger partial charge in [-0.3, -0.25) is 4.79 Å². The first kappa shape index (κ1) is 12.0. The smallest absolute Gasteiger partial charge is 0.185 e. The molecule has 0 atom stereocenters. The summed E-state index contributed by atoms with van der Waals surface area (Å²) in [5.41, 5.74) is 5.63. The van der Waals surface area contributed by atoms with Crippen LogP contribution in [0.25, 0.3) is 0 Å². The number of carbonyl (C=O) groups is 1. The molecule has 1 saturated carbocycles. The molecule has 0 unspecified atom stereocenters. The Balaban J connectivity index is 0.000000151. The summed E-state index contributed by atoms with van der Waals surface area (Å²) < 4.78 is 4.86. The lowest BCUT2D eigenvalue weighted by atomic mass is 9.97. The third-order valence-electron chi connectivity index (χ3n) is 2.53. The standard InChI is InChI=1S/C6H13N.C6H6O2/c7-6-4-2-1-3-5-6;1-5-2-3-6(4-7)8-5/h6H,1-5,7H2;2-4H,1H3. The van der Waals surface area contributed by atoms with Crippen LogP contribution in [0, 0.1) is 6.92 Å². The van der Waals surface area contributed by atoms with E-state index in [4.69, 9.17) is 10.2 Å². The number of hydrogen-bond donors (Lipinski definition) is 1. The summed E-state index contributed by atoms with van der Waals surface area (Å²) in [5.74, 6) is 1.16. The van der Waals surface area contributed by atoms with Crippen LogP contribution in [0.15, 0.2) is 16.5 Å². The Bertz CT molecular complexity index is 288. The maximum atomic E-state index is 9.93. The molecule has 0 aliphatic heterocycles. The van der Waals surface area contributed by atoms with Crippen LogP contribution in [0.1, 0.15) is 48.4 Å². The maximum Gasteiger partial charge on any atom is 0.185 e. The third kappa shape index (κ3) is 4.79. The molecule has 15 heavy (non-hydrogen) atoms. The Morgan fingerprint density at radius 1 is 1.33 bits per heavy atom. The molecule has 1 aliphatic rings. The van der Waals surface area contributed by atoms with Crippen molar-refractivity contribution in [3.05, 3.63) is 23.7 Å². The lowest BCUT2D eigenvalue weighted by Crippen LogP contribution is -2.22. The molecule has 0 spiro atoms. The molecule has 3 heteroatoms. The second kappa shape index (κ2) is 6.40. The summed E-state index contributed by atoms with van der Waals surface area (Å²) in [6.45, 7) is 1.80. The zero-order valence-electron chi connectivity index (χ0n) is 9.24. The fraction of sp³-hybridized carbons (Fsp3) is 0.583. The van der Waals surface area contributed by atoms with E-state index in [2.05, 4.69) is 0 Å². The number of furan rings is 1. The monoisotopic (exact) mass is 209 g/mol. The number of nitrogens with two attached hydrogens (primary N) is 1. The van der Waals surface area contributed by atoms with E-state index < -0.39 is 0 Å². The summed E-state index contributed by atoms with van der Waals surface area (Å²) in [6, 6.07) is 3.93. The van der Waals surface area contributed by atoms with Gasteiger partial charge in [0.15, 0.2) is 12.0 Å². The second-order valence-electron chi connectivity index (χ2n) is 3.96. The van der Waals surface area contributed by atoms with Gasteiger partial charge in [0.1, 0.15) is 5.76 Å². The summed E-state index contributed by atoms with van der Waals surface area (Å²) in [7, 11) is 0. The molecule has 1 aromatic heterocycles. The van der Waals surface area contributed by atoms with Gasteiger partial charge in [-0.1, -0.05) is 19.3 Å². The molecule has 84 valence electrons. The van der Waals surface area contributed by atoms with E-state index in [1.54, 1.807) is 19.1 Å². The molecule has 0 bridgehead atoms. The first-order valence-corrected chi connectivity index (χ1v) is 5.49. The van der Waals surface area contributed by atoms with E-state index in [1.807, 2.05) is 0 Å². The van der Waals surface area contributed by atoms with Gasteiger partial charge < -0.3 is 10.2 Å². The highest BCUT2D eigenvalue weighted by Crippen LogP contribution is 2.14. The zero-order chi connectivity index (χ0) is 11.1. The van der Waals surface area contributed by atoms with E-state index in [0.717, 1.165) is 5.76 Å². The van der Waals surface area contributed by atoms with Crippen LogP contribution in [-0.2, 0) is 0 Å². The van der Waals surface area contributed by atoms with Crippen molar-refractivity contribution in [2.75, 3.05) is 0 Å². The van der Waals surface area contributed by atoms with Crippen LogP contribution in [0.4, 0.5) is 0 Å². The summed E-state index contributed by atoms with van der Waals surface area (Å²) in [5, 5.41) is 0. The predicted molar refractivity (Wildman–Crippen MR) is 59.9 cm³/mol. The van der Waals surface area contributed by atoms with Crippen molar-refractivity contribution in [2.45, 2.75) is 45.1 Å². The van der Waals surface area contributed by atoms with Crippen LogP contribution in [-0.4, -0.2) is 12.3 Å². The van der Waals surface area contributed by atoms with Crippen molar-refractivity contribution >= 4 is 6.29 Å². The highest BCUT2D eigenvalue weighted by Gasteiger charge is 2.06. The molecule has 1 aromatic rings. The van der Waals surface area contributed by atoms with Crippen molar-refractivity contribution in [3.8, 4) is 0 Å². The Morgan fingerprint density at radius 3 is 2.27 bits per heavy atom. The van der Waals surface area contributed by atoms with Crippen LogP contribution in [0.5, 0.6) is 0 Å². The third-order valence-corrected chi connectivity index (χ3v) is 2.53. The van der Waals surface area contributed by atoms with Gasteiger partial charge in [0, 0.05) is 6.04 Å². The number of hydrogen-bond acceptors (Lipinski definition) is 3. The highest BCUT2D eigenvalue weighted by molar-refractivity contribution is 5.70. The van der Waals surface area contributed by atoms with Crippen molar-refractivity contribution in [1.82, 2.24) is 0 Å². The quantitative estimate of drug-likeness (QED) is 0.723. The van der Waals surface area contributed by atoms with E-state index in [-0.39, 0.29) is 0 Å². The summed E-state index contributed by atoms with van der Waals surface area (Å²) in [6.07, 6.45) is 7.35. The largest absolute Gasteiger partial charge is 0.459 e. The SMILES string of the molecule is Cc1ccc(C=O)o1.NC1CCCCC1. The topological polar surface area (TPSA) is 56.2 Å². The Labute approximate surface area is 90.6 Å². The van der Waals surface area contributed by atoms with Gasteiger partial charge in [0.25, 0.3) is 0 Å². The lowest BCUT2D eigenvalue weighted by molar-refractivity contribution is 0.109. The van der Waals surface area contributed by atoms with E-state index in [0.29, 0.717) is 18.1 Å². The van der Waals surface area contributed by atoms with Gasteiger partial charge in [-0.25, -0.2) is 0 Å². The minimum atomic E-state index is 0.391. The molecular formula is C12H19NO2. The minimum Gasteiger partial charge on any atom is -0.459 e. The molecule has 0 saturated heterocycles. The van der Waals surface area contributed by atoms with Gasteiger partial charge in [-0.05, 0) is 31.9 Å². The fourth-order valence-corrected chi connectivity index (χ4v) is 1.65. The molecule has 0 amide bonds. The predicted octanol–water partition coefficient (Wildman–Crippen LogP) is 2.68. The van der Waals surface area contributed by atoms with E-state index in [9.17, 15) is 4.79 Å². The Morgan fingerprint density at radius 2 is 2.00 bits per heavy atom. The molecule has 0 aromatic carbocycles. The fourth-order valence-electron chi connectivity index (χ4n) is 1.65. The van der Waals surface area contributed by atoms with Gasteiger partial charge in [-0.2, -0.15) is 0 Å². The van der Waals surface area contributed by atoms with Gasteiger partial charge in [-0.15, -0.1) is 0 Å². The summed E-state index contributed by atoms with van der Waals surface area (Å²) >= 11 is 0. The average molecular weight is 209 g/mol. The van der Waals surface area contributed by atoms with Gasteiger partial charge in [0.2, 0.25) is 0 Å². The molecule has 1 fully saturated rings. The highest BCUT2D eigenvalue weighted by atomic mass is 16.3. The van der Waals surface area contributed by atoms with Crippen LogP contribution in [0.3, 0.4) is 0 Å². The lowest BCUT2D eigenvalue weighted by Gasteiger charge is -2.15. The number of aryl methyl sites for hydroxylation is 1. The summed E-state index contributed by atoms with van der Waals surface area (Å²) in [4.78, 5) is 9.93. The van der Waals surface area contributed by atoms with Crippen molar-refractivity contribution in [3.63, 3.8) is 0 Å². The molecule has 1 heterocycles. The zero-order valence-corrected chi connectivity index (χ0v) is 9.24. The molecule has 1 aliphatic carbocycles. The van der Waals surface area contributed by atoms with Crippen LogP contribution in [0.2, 0.25) is 0 Å². The molecule has 3 nitrogen and oxygen atoms in total.